The SMILES string of the molecule is N#Cc1cnn2cc(NCc3ccccn3)cc(OCc3ccccc3)c12. The quantitative estimate of drug-likeness (QED) is 0.569. The van der Waals surface area contributed by atoms with Crippen molar-refractivity contribution in [1.29, 1.82) is 5.26 Å². The summed E-state index contributed by atoms with van der Waals surface area (Å²) in [4.78, 5) is 4.31. The highest BCUT2D eigenvalue weighted by atomic mass is 16.5. The number of hydrogen-bond donors (Lipinski definition) is 1. The molecule has 27 heavy (non-hydrogen) atoms. The molecule has 0 radical (unpaired) electrons. The number of aromatic nitrogens is 3. The zero-order valence-corrected chi connectivity index (χ0v) is 14.5. The molecule has 132 valence electrons. The number of hydrogen-bond acceptors (Lipinski definition) is 5. The minimum absolute atomic E-state index is 0.413. The van der Waals surface area contributed by atoms with Crippen molar-refractivity contribution >= 4 is 11.2 Å². The molecule has 4 rings (SSSR count). The van der Waals surface area contributed by atoms with Gasteiger partial charge in [0.05, 0.1) is 30.3 Å². The van der Waals surface area contributed by atoms with Gasteiger partial charge in [0.2, 0.25) is 0 Å². The molecule has 1 aromatic carbocycles. The highest BCUT2D eigenvalue weighted by Gasteiger charge is 2.12. The minimum Gasteiger partial charge on any atom is -0.487 e. The van der Waals surface area contributed by atoms with Crippen LogP contribution in [0.4, 0.5) is 5.69 Å². The summed E-state index contributed by atoms with van der Waals surface area (Å²) in [6.07, 6.45) is 5.16. The van der Waals surface area contributed by atoms with Gasteiger partial charge in [-0.2, -0.15) is 10.4 Å². The van der Waals surface area contributed by atoms with Gasteiger partial charge in [-0.25, -0.2) is 4.52 Å². The standard InChI is InChI=1S/C21H17N5O/c22-11-17-12-25-26-14-19(24-13-18-8-4-5-9-23-18)10-20(21(17)26)27-15-16-6-2-1-3-7-16/h1-10,12,14,24H,13,15H2. The van der Waals surface area contributed by atoms with E-state index in [9.17, 15) is 5.26 Å². The highest BCUT2D eigenvalue weighted by Crippen LogP contribution is 2.28. The summed E-state index contributed by atoms with van der Waals surface area (Å²) >= 11 is 0. The second-order valence-electron chi connectivity index (χ2n) is 6.01. The smallest absolute Gasteiger partial charge is 0.149 e. The first-order chi connectivity index (χ1) is 13.3. The maximum absolute atomic E-state index is 9.37. The summed E-state index contributed by atoms with van der Waals surface area (Å²) in [6, 6.07) is 19.8. The molecule has 6 nitrogen and oxygen atoms in total. The van der Waals surface area contributed by atoms with Crippen LogP contribution in [0.1, 0.15) is 16.8 Å². The molecule has 0 saturated heterocycles. The number of fused-ring (bicyclic) bond motifs is 1. The molecule has 6 heteroatoms. The van der Waals surface area contributed by atoms with Crippen LogP contribution in [0.2, 0.25) is 0 Å². The molecule has 3 aromatic heterocycles. The van der Waals surface area contributed by atoms with Crippen LogP contribution in [0.25, 0.3) is 5.52 Å². The van der Waals surface area contributed by atoms with Gasteiger partial charge in [-0.05, 0) is 17.7 Å². The van der Waals surface area contributed by atoms with Crippen LogP contribution in [-0.4, -0.2) is 14.6 Å². The van der Waals surface area contributed by atoms with Crippen LogP contribution in [-0.2, 0) is 13.2 Å². The van der Waals surface area contributed by atoms with E-state index in [2.05, 4.69) is 21.5 Å². The van der Waals surface area contributed by atoms with Gasteiger partial charge in [0.1, 0.15) is 29.5 Å². The first-order valence-electron chi connectivity index (χ1n) is 8.55. The highest BCUT2D eigenvalue weighted by molar-refractivity contribution is 5.72. The van der Waals surface area contributed by atoms with Crippen molar-refractivity contribution in [1.82, 2.24) is 14.6 Å². The van der Waals surface area contributed by atoms with Crippen LogP contribution >= 0.6 is 0 Å². The summed E-state index contributed by atoms with van der Waals surface area (Å²) in [5, 5.41) is 17.0. The number of nitriles is 1. The van der Waals surface area contributed by atoms with Gasteiger partial charge in [0.25, 0.3) is 0 Å². The Morgan fingerprint density at radius 1 is 1.11 bits per heavy atom. The number of pyridine rings is 2. The van der Waals surface area contributed by atoms with Crippen LogP contribution < -0.4 is 10.1 Å². The molecule has 0 aliphatic carbocycles. The number of rotatable bonds is 6. The van der Waals surface area contributed by atoms with Gasteiger partial charge in [-0.15, -0.1) is 0 Å². The number of nitrogens with one attached hydrogen (secondary N) is 1. The first-order valence-corrected chi connectivity index (χ1v) is 8.55. The third-order valence-electron chi connectivity index (χ3n) is 4.13. The Morgan fingerprint density at radius 2 is 1.96 bits per heavy atom. The van der Waals surface area contributed by atoms with Crippen molar-refractivity contribution in [2.75, 3.05) is 5.32 Å². The molecule has 0 saturated carbocycles. The molecule has 1 N–H and O–H groups in total. The van der Waals surface area contributed by atoms with E-state index in [1.807, 2.05) is 60.8 Å². The molecule has 0 bridgehead atoms. The van der Waals surface area contributed by atoms with E-state index in [0.29, 0.717) is 30.0 Å². The van der Waals surface area contributed by atoms with E-state index in [-0.39, 0.29) is 0 Å². The summed E-state index contributed by atoms with van der Waals surface area (Å²) in [7, 11) is 0. The molecule has 0 aliphatic rings. The number of ether oxygens (including phenoxy) is 1. The van der Waals surface area contributed by atoms with Crippen molar-refractivity contribution in [2.45, 2.75) is 13.2 Å². The summed E-state index contributed by atoms with van der Waals surface area (Å²) < 4.78 is 7.70. The van der Waals surface area contributed by atoms with Gasteiger partial charge >= 0.3 is 0 Å². The third-order valence-corrected chi connectivity index (χ3v) is 4.13. The lowest BCUT2D eigenvalue weighted by Crippen LogP contribution is -2.04. The van der Waals surface area contributed by atoms with Crippen molar-refractivity contribution in [3.8, 4) is 11.8 Å². The lowest BCUT2D eigenvalue weighted by molar-refractivity contribution is 0.308. The van der Waals surface area contributed by atoms with E-state index >= 15 is 0 Å². The molecule has 0 aliphatic heterocycles. The van der Waals surface area contributed by atoms with E-state index in [0.717, 1.165) is 16.9 Å². The Hall–Kier alpha value is -3.85. The monoisotopic (exact) mass is 355 g/mol. The second-order valence-corrected chi connectivity index (χ2v) is 6.01. The van der Waals surface area contributed by atoms with E-state index < -0.39 is 0 Å². The summed E-state index contributed by atoms with van der Waals surface area (Å²) in [5.74, 6) is 0.610. The van der Waals surface area contributed by atoms with Crippen molar-refractivity contribution in [2.24, 2.45) is 0 Å². The van der Waals surface area contributed by atoms with Gasteiger partial charge in [-0.1, -0.05) is 36.4 Å². The van der Waals surface area contributed by atoms with E-state index in [4.69, 9.17) is 4.74 Å². The zero-order valence-electron chi connectivity index (χ0n) is 14.5. The molecule has 3 heterocycles. The van der Waals surface area contributed by atoms with Crippen molar-refractivity contribution < 1.29 is 4.74 Å². The van der Waals surface area contributed by atoms with Crippen LogP contribution in [0, 0.1) is 11.3 Å². The van der Waals surface area contributed by atoms with Crippen LogP contribution in [0.3, 0.4) is 0 Å². The largest absolute Gasteiger partial charge is 0.487 e. The van der Waals surface area contributed by atoms with E-state index in [1.165, 1.54) is 0 Å². The molecule has 0 unspecified atom stereocenters. The predicted octanol–water partition coefficient (Wildman–Crippen LogP) is 3.79. The second kappa shape index (κ2) is 7.58. The molecule has 0 spiro atoms. The summed E-state index contributed by atoms with van der Waals surface area (Å²) in [6.45, 7) is 0.993. The fraction of sp³-hybridized carbons (Fsp3) is 0.0952. The number of anilines is 1. The Morgan fingerprint density at radius 3 is 2.74 bits per heavy atom. The fourth-order valence-corrected chi connectivity index (χ4v) is 2.80. The predicted molar refractivity (Wildman–Crippen MR) is 102 cm³/mol. The number of benzene rings is 1. The topological polar surface area (TPSA) is 75.2 Å². The van der Waals surface area contributed by atoms with Crippen LogP contribution in [0.15, 0.2) is 73.2 Å². The molecule has 0 fully saturated rings. The molecule has 0 atom stereocenters. The van der Waals surface area contributed by atoms with Crippen molar-refractivity contribution in [3.63, 3.8) is 0 Å². The maximum atomic E-state index is 9.37. The molecular weight excluding hydrogens is 338 g/mol. The Bertz CT molecular complexity index is 1080. The summed E-state index contributed by atoms with van der Waals surface area (Å²) in [5.41, 5.74) is 3.97. The number of nitrogens with zero attached hydrogens (tertiary/aromatic N) is 4. The van der Waals surface area contributed by atoms with Gasteiger partial charge in [-0.3, -0.25) is 4.98 Å². The van der Waals surface area contributed by atoms with Gasteiger partial charge in [0.15, 0.2) is 0 Å². The van der Waals surface area contributed by atoms with Crippen LogP contribution in [0.5, 0.6) is 5.75 Å². The third kappa shape index (κ3) is 3.72. The average molecular weight is 355 g/mol. The van der Waals surface area contributed by atoms with E-state index in [1.54, 1.807) is 16.9 Å². The maximum Gasteiger partial charge on any atom is 0.149 e. The fourth-order valence-electron chi connectivity index (χ4n) is 2.80. The lowest BCUT2D eigenvalue weighted by Gasteiger charge is -2.12. The van der Waals surface area contributed by atoms with Gasteiger partial charge in [0, 0.05) is 12.3 Å². The minimum atomic E-state index is 0.413. The normalized spacial score (nSPS) is 10.5. The first kappa shape index (κ1) is 16.6. The Balaban J connectivity index is 1.62. The van der Waals surface area contributed by atoms with Crippen molar-refractivity contribution in [3.05, 3.63) is 90.0 Å². The zero-order chi connectivity index (χ0) is 18.5. The molecule has 0 amide bonds. The Labute approximate surface area is 156 Å². The molecule has 4 aromatic rings. The average Bonchev–Trinajstić information content (AvgIpc) is 3.15. The Kier molecular flexibility index (Phi) is 4.66. The van der Waals surface area contributed by atoms with Gasteiger partial charge < -0.3 is 10.1 Å². The lowest BCUT2D eigenvalue weighted by atomic mass is 10.2. The molecular formula is C21H17N5O.